The van der Waals surface area contributed by atoms with Gasteiger partial charge in [0.2, 0.25) is 0 Å². The van der Waals surface area contributed by atoms with Crippen molar-refractivity contribution in [1.82, 2.24) is 18.8 Å². The normalized spacial score (nSPS) is 13.8. The number of hydrogen-bond donors (Lipinski definition) is 0. The molecule has 0 N–H and O–H groups in total. The van der Waals surface area contributed by atoms with Crippen LogP contribution >= 0.6 is 30.2 Å². The molecule has 1 aliphatic rings. The number of rotatable bonds is 8. The quantitative estimate of drug-likeness (QED) is 0.0856. The molecule has 0 spiro atoms. The molecule has 18 aromatic rings. The monoisotopic (exact) mass is 1390 g/mol. The molecule has 0 radical (unpaired) electrons. The van der Waals surface area contributed by atoms with E-state index in [4.69, 9.17) is 19.3 Å². The van der Waals surface area contributed by atoms with Crippen LogP contribution in [0.3, 0.4) is 0 Å². The van der Waals surface area contributed by atoms with E-state index in [9.17, 15) is 9.13 Å². The molecular weight excluding hydrogens is 1330 g/mol. The Hall–Kier alpha value is -10.5. The summed E-state index contributed by atoms with van der Waals surface area (Å²) in [6, 6.07) is 111. The minimum atomic E-state index is -3.04. The van der Waals surface area contributed by atoms with Crippen LogP contribution < -0.4 is 37.3 Å². The first-order chi connectivity index (χ1) is 48.7. The van der Waals surface area contributed by atoms with E-state index in [-0.39, 0.29) is 11.2 Å². The average Bonchev–Trinajstić information content (AvgIpc) is 1.34. The predicted octanol–water partition coefficient (Wildman–Crippen LogP) is 19.6. The van der Waals surface area contributed by atoms with Gasteiger partial charge in [-0.2, -0.15) is 0 Å². The third kappa shape index (κ3) is 10.6. The number of nitrogens with zero attached hydrogens (tertiary/aromatic N) is 4. The SMILES string of the molecule is CC1(C)OB(c2ccc3c4ccc5ccccc5c4c4nc5ccccc5n4c3c2)OC1(C)C.O=P(c1ccccc1)(c1ccccc1)c1ccc(-c2ccc3c4ccc5ccccc5c4c4nc5ccccc5n4c3c2)cc1.O=P(c1ccccc1)(c1ccccc1)c1ccc(Br)cc1. The van der Waals surface area contributed by atoms with Crippen LogP contribution in [0, 0.1) is 0 Å². The number of para-hydroxylation sites is 4. The number of hydrogen-bond acceptors (Lipinski definition) is 6. The van der Waals surface area contributed by atoms with Gasteiger partial charge in [-0.3, -0.25) is 8.80 Å². The van der Waals surface area contributed by atoms with E-state index in [1.807, 2.05) is 170 Å². The molecule has 0 unspecified atom stereocenters. The highest BCUT2D eigenvalue weighted by molar-refractivity contribution is 9.10. The van der Waals surface area contributed by atoms with Crippen LogP contribution in [0.1, 0.15) is 27.7 Å². The molecule has 1 fully saturated rings. The molecule has 14 aromatic carbocycles. The standard InChI is InChI=1S/C41H27N2OP.C29H25BN2O2.C18H14BrOP/c44-45(31-12-3-1-4-13-31,32-14-5-2-6-15-32)33-23-19-28(20-24-33)30-22-25-35-36-26-21-29-11-7-8-16-34(29)40(36)41-42-37-17-9-10-18-38(37)43(41)39(35)27-30;1-28(2)29(3,4)34-30(33-28)19-14-16-21-22-15-13-18-9-5-6-10-20(18)26(22)27-31-23-11-7-8-12-24(23)32(27)25(21)17-19;19-15-11-13-18(14-12-15)21(20,16-7-3-1-4-8-16)17-9-5-2-6-10-17/h1-27H;5-17H,1-4H3;1-14H. The molecule has 4 aromatic heterocycles. The Kier molecular flexibility index (Phi) is 15.7. The van der Waals surface area contributed by atoms with Crippen molar-refractivity contribution < 1.29 is 18.4 Å². The van der Waals surface area contributed by atoms with Crippen molar-refractivity contribution in [2.24, 2.45) is 0 Å². The van der Waals surface area contributed by atoms with E-state index in [2.05, 4.69) is 210 Å². The van der Waals surface area contributed by atoms with Gasteiger partial charge in [0, 0.05) is 57.8 Å². The highest BCUT2D eigenvalue weighted by Gasteiger charge is 2.52. The molecule has 0 atom stereocenters. The van der Waals surface area contributed by atoms with Crippen LogP contribution in [0.5, 0.6) is 0 Å². The molecule has 1 saturated heterocycles. The fraction of sp³-hybridized carbons (Fsp3) is 0.0682. The first-order valence-electron chi connectivity index (χ1n) is 33.7. The minimum absolute atomic E-state index is 0.383. The average molecular weight is 1400 g/mol. The number of pyridine rings is 2. The van der Waals surface area contributed by atoms with Crippen molar-refractivity contribution in [2.45, 2.75) is 38.9 Å². The Bertz CT molecular complexity index is 6210. The molecule has 482 valence electrons. The molecule has 5 heterocycles. The molecule has 0 amide bonds. The summed E-state index contributed by atoms with van der Waals surface area (Å²) in [6.07, 6.45) is 0. The van der Waals surface area contributed by atoms with Gasteiger partial charge in [0.05, 0.1) is 44.3 Å². The lowest BCUT2D eigenvalue weighted by Crippen LogP contribution is -2.41. The zero-order valence-corrected chi connectivity index (χ0v) is 58.8. The third-order valence-electron chi connectivity index (χ3n) is 20.3. The Morgan fingerprint density at radius 2 is 0.680 bits per heavy atom. The van der Waals surface area contributed by atoms with Gasteiger partial charge in [0.25, 0.3) is 0 Å². The lowest BCUT2D eigenvalue weighted by molar-refractivity contribution is 0.00578. The second-order valence-electron chi connectivity index (χ2n) is 26.6. The Morgan fingerprint density at radius 3 is 1.13 bits per heavy atom. The summed E-state index contributed by atoms with van der Waals surface area (Å²) in [4.78, 5) is 10.3. The molecule has 0 saturated carbocycles. The predicted molar refractivity (Wildman–Crippen MR) is 425 cm³/mol. The summed E-state index contributed by atoms with van der Waals surface area (Å²) in [5, 5.41) is 17.1. The van der Waals surface area contributed by atoms with Crippen molar-refractivity contribution in [3.63, 3.8) is 0 Å². The molecule has 12 heteroatoms. The highest BCUT2D eigenvalue weighted by Crippen LogP contribution is 2.46. The van der Waals surface area contributed by atoms with Gasteiger partial charge < -0.3 is 18.4 Å². The Morgan fingerprint density at radius 1 is 0.330 bits per heavy atom. The fourth-order valence-electron chi connectivity index (χ4n) is 14.5. The molecule has 19 rings (SSSR count). The minimum Gasteiger partial charge on any atom is -0.399 e. The summed E-state index contributed by atoms with van der Waals surface area (Å²) >= 11 is 3.43. The lowest BCUT2D eigenvalue weighted by atomic mass is 9.78. The summed E-state index contributed by atoms with van der Waals surface area (Å²) in [5.74, 6) is 0. The van der Waals surface area contributed by atoms with E-state index in [0.717, 1.165) is 97.3 Å². The van der Waals surface area contributed by atoms with E-state index in [0.29, 0.717) is 0 Å². The van der Waals surface area contributed by atoms with Gasteiger partial charge >= 0.3 is 7.12 Å². The zero-order chi connectivity index (χ0) is 67.9. The second-order valence-corrected chi connectivity index (χ2v) is 33.1. The topological polar surface area (TPSA) is 87.2 Å². The molecule has 0 bridgehead atoms. The van der Waals surface area contributed by atoms with Crippen LogP contribution in [-0.4, -0.2) is 37.1 Å². The number of imidazole rings is 2. The lowest BCUT2D eigenvalue weighted by Gasteiger charge is -2.32. The van der Waals surface area contributed by atoms with Gasteiger partial charge in [-0.25, -0.2) is 9.97 Å². The summed E-state index contributed by atoms with van der Waals surface area (Å²) in [7, 11) is -6.27. The van der Waals surface area contributed by atoms with E-state index >= 15 is 0 Å². The maximum Gasteiger partial charge on any atom is 0.494 e. The van der Waals surface area contributed by atoms with E-state index in [1.54, 1.807) is 0 Å². The largest absolute Gasteiger partial charge is 0.494 e. The van der Waals surface area contributed by atoms with Gasteiger partial charge in [0.15, 0.2) is 14.3 Å². The van der Waals surface area contributed by atoms with Gasteiger partial charge in [0.1, 0.15) is 11.3 Å². The summed E-state index contributed by atoms with van der Waals surface area (Å²) in [6.45, 7) is 8.37. The maximum atomic E-state index is 14.9. The van der Waals surface area contributed by atoms with Crippen molar-refractivity contribution in [3.05, 3.63) is 332 Å². The number of fused-ring (bicyclic) bond motifs is 20. The highest BCUT2D eigenvalue weighted by atomic mass is 79.9. The first-order valence-corrected chi connectivity index (χ1v) is 37.9. The smallest absolute Gasteiger partial charge is 0.399 e. The second kappa shape index (κ2) is 25.0. The van der Waals surface area contributed by atoms with Crippen LogP contribution in [0.4, 0.5) is 0 Å². The summed E-state index contributed by atoms with van der Waals surface area (Å²) < 4.78 is 47.2. The molecule has 100 heavy (non-hydrogen) atoms. The van der Waals surface area contributed by atoms with Crippen molar-refractivity contribution >= 4 is 173 Å². The zero-order valence-electron chi connectivity index (χ0n) is 55.4. The molecule has 0 aliphatic carbocycles. The van der Waals surface area contributed by atoms with Gasteiger partial charge in [-0.15, -0.1) is 0 Å². The first kappa shape index (κ1) is 62.9. The molecule has 8 nitrogen and oxygen atoms in total. The number of halogens is 1. The van der Waals surface area contributed by atoms with Crippen molar-refractivity contribution in [1.29, 1.82) is 0 Å². The van der Waals surface area contributed by atoms with Crippen LogP contribution in [0.15, 0.2) is 332 Å². The van der Waals surface area contributed by atoms with Crippen LogP contribution in [0.25, 0.3) is 109 Å². The fourth-order valence-corrected chi connectivity index (χ4v) is 20.1. The van der Waals surface area contributed by atoms with Crippen LogP contribution in [-0.2, 0) is 18.4 Å². The Labute approximate surface area is 588 Å². The number of aromatic nitrogens is 4. The van der Waals surface area contributed by atoms with Crippen molar-refractivity contribution in [3.8, 4) is 11.1 Å². The van der Waals surface area contributed by atoms with Crippen molar-refractivity contribution in [2.75, 3.05) is 0 Å². The molecule has 1 aliphatic heterocycles. The molecular formula is C88H66BBrN4O4P2. The third-order valence-corrected chi connectivity index (χ3v) is 26.9. The van der Waals surface area contributed by atoms with E-state index < -0.39 is 21.4 Å². The number of benzene rings is 14. The maximum absolute atomic E-state index is 14.9. The Balaban J connectivity index is 0.000000120. The van der Waals surface area contributed by atoms with Crippen LogP contribution in [0.2, 0.25) is 0 Å². The van der Waals surface area contributed by atoms with E-state index in [1.165, 1.54) is 53.9 Å². The van der Waals surface area contributed by atoms with Gasteiger partial charge in [-0.05, 0) is 137 Å². The summed E-state index contributed by atoms with van der Waals surface area (Å²) in [5.41, 5.74) is 10.8. The van der Waals surface area contributed by atoms with Gasteiger partial charge in [-0.1, -0.05) is 283 Å².